The van der Waals surface area contributed by atoms with E-state index in [9.17, 15) is 4.79 Å². The smallest absolute Gasteiger partial charge is 0.309 e. The second kappa shape index (κ2) is 2.89. The molecule has 2 nitrogen and oxygen atoms in total. The van der Waals surface area contributed by atoms with E-state index in [1.807, 2.05) is 0 Å². The summed E-state index contributed by atoms with van der Waals surface area (Å²) < 4.78 is 5.36. The number of cyclic esters (lactones) is 1. The molecular formula is C15H22O2. The zero-order chi connectivity index (χ0) is 11.8. The first-order valence-corrected chi connectivity index (χ1v) is 7.22. The minimum Gasteiger partial charge on any atom is -0.465 e. The molecule has 0 spiro atoms. The molecule has 1 saturated heterocycles. The van der Waals surface area contributed by atoms with E-state index in [0.29, 0.717) is 23.4 Å². The Labute approximate surface area is 103 Å². The largest absolute Gasteiger partial charge is 0.465 e. The average molecular weight is 234 g/mol. The van der Waals surface area contributed by atoms with Crippen LogP contribution < -0.4 is 0 Å². The van der Waals surface area contributed by atoms with Gasteiger partial charge in [0.25, 0.3) is 0 Å². The molecule has 0 unspecified atom stereocenters. The highest BCUT2D eigenvalue weighted by Crippen LogP contribution is 2.73. The Bertz CT molecular complexity index is 390. The molecule has 4 rings (SSSR count). The minimum absolute atomic E-state index is 0.0951. The van der Waals surface area contributed by atoms with Crippen LogP contribution in [0.1, 0.15) is 46.0 Å². The average Bonchev–Trinajstić information content (AvgIpc) is 2.82. The van der Waals surface area contributed by atoms with Gasteiger partial charge in [0.2, 0.25) is 0 Å². The SMILES string of the molecule is C[C@]12CC[C@H]3C[C@@]3(C)[C@@H]1CC[C@H]1C(=O)OC[C@@H]12. The van der Waals surface area contributed by atoms with E-state index >= 15 is 0 Å². The van der Waals surface area contributed by atoms with Crippen LogP contribution in [0, 0.1) is 34.5 Å². The van der Waals surface area contributed by atoms with Crippen LogP contribution in [0.5, 0.6) is 0 Å². The van der Waals surface area contributed by atoms with Crippen molar-refractivity contribution >= 4 is 5.97 Å². The summed E-state index contributed by atoms with van der Waals surface area (Å²) in [6.45, 7) is 5.66. The minimum atomic E-state index is 0.0951. The maximum absolute atomic E-state index is 11.8. The van der Waals surface area contributed by atoms with Crippen LogP contribution in [0.25, 0.3) is 0 Å². The Kier molecular flexibility index (Phi) is 1.77. The van der Waals surface area contributed by atoms with E-state index in [1.54, 1.807) is 0 Å². The molecule has 3 aliphatic carbocycles. The Hall–Kier alpha value is -0.530. The molecule has 1 heterocycles. The summed E-state index contributed by atoms with van der Waals surface area (Å²) in [6.07, 6.45) is 6.52. The molecule has 1 aliphatic heterocycles. The molecule has 0 aromatic heterocycles. The summed E-state index contributed by atoms with van der Waals surface area (Å²) in [6, 6.07) is 0. The molecule has 0 aromatic rings. The first kappa shape index (κ1) is 10.4. The van der Waals surface area contributed by atoms with Crippen LogP contribution >= 0.6 is 0 Å². The molecule has 0 aromatic carbocycles. The fraction of sp³-hybridized carbons (Fsp3) is 0.933. The van der Waals surface area contributed by atoms with Gasteiger partial charge in [-0.1, -0.05) is 13.8 Å². The topological polar surface area (TPSA) is 26.3 Å². The van der Waals surface area contributed by atoms with E-state index in [4.69, 9.17) is 4.74 Å². The second-order valence-electron chi connectivity index (χ2n) is 7.42. The predicted molar refractivity (Wildman–Crippen MR) is 64.2 cm³/mol. The maximum atomic E-state index is 11.8. The number of ether oxygens (including phenoxy) is 1. The summed E-state index contributed by atoms with van der Waals surface area (Å²) in [5, 5.41) is 0. The Balaban J connectivity index is 1.72. The van der Waals surface area contributed by atoms with Crippen molar-refractivity contribution in [1.82, 2.24) is 0 Å². The van der Waals surface area contributed by atoms with Gasteiger partial charge in [0.05, 0.1) is 12.5 Å². The Morgan fingerprint density at radius 3 is 2.82 bits per heavy atom. The Morgan fingerprint density at radius 2 is 2.00 bits per heavy atom. The fourth-order valence-electron chi connectivity index (χ4n) is 5.72. The summed E-state index contributed by atoms with van der Waals surface area (Å²) in [7, 11) is 0. The van der Waals surface area contributed by atoms with E-state index in [-0.39, 0.29) is 11.9 Å². The number of carbonyl (C=O) groups excluding carboxylic acids is 1. The number of carbonyl (C=O) groups is 1. The highest BCUT2D eigenvalue weighted by molar-refractivity contribution is 5.75. The lowest BCUT2D eigenvalue weighted by Crippen LogP contribution is -2.49. The van der Waals surface area contributed by atoms with Crippen LogP contribution in [0.2, 0.25) is 0 Å². The number of fused-ring (bicyclic) bond motifs is 5. The monoisotopic (exact) mass is 234 g/mol. The molecular weight excluding hydrogens is 212 g/mol. The number of esters is 1. The van der Waals surface area contributed by atoms with Crippen LogP contribution in [0.15, 0.2) is 0 Å². The molecule has 94 valence electrons. The van der Waals surface area contributed by atoms with Gasteiger partial charge in [-0.05, 0) is 54.8 Å². The van der Waals surface area contributed by atoms with Crippen LogP contribution in [-0.4, -0.2) is 12.6 Å². The van der Waals surface area contributed by atoms with Gasteiger partial charge in [-0.25, -0.2) is 0 Å². The van der Waals surface area contributed by atoms with Crippen molar-refractivity contribution in [3.8, 4) is 0 Å². The number of hydrogen-bond acceptors (Lipinski definition) is 2. The highest BCUT2D eigenvalue weighted by atomic mass is 16.5. The highest BCUT2D eigenvalue weighted by Gasteiger charge is 2.67. The van der Waals surface area contributed by atoms with Gasteiger partial charge in [0.15, 0.2) is 0 Å². The van der Waals surface area contributed by atoms with Crippen molar-refractivity contribution in [2.45, 2.75) is 46.0 Å². The van der Waals surface area contributed by atoms with Crippen molar-refractivity contribution in [3.63, 3.8) is 0 Å². The van der Waals surface area contributed by atoms with Crippen LogP contribution in [0.4, 0.5) is 0 Å². The lowest BCUT2D eigenvalue weighted by Gasteiger charge is -2.53. The molecule has 6 atom stereocenters. The van der Waals surface area contributed by atoms with Gasteiger partial charge in [0.1, 0.15) is 0 Å². The molecule has 0 radical (unpaired) electrons. The second-order valence-corrected chi connectivity index (χ2v) is 7.42. The lowest BCUT2D eigenvalue weighted by molar-refractivity contribution is -0.142. The fourth-order valence-corrected chi connectivity index (χ4v) is 5.72. The van der Waals surface area contributed by atoms with Crippen molar-refractivity contribution in [1.29, 1.82) is 0 Å². The van der Waals surface area contributed by atoms with Crippen LogP contribution in [0.3, 0.4) is 0 Å². The van der Waals surface area contributed by atoms with E-state index in [1.165, 1.54) is 25.7 Å². The molecule has 0 bridgehead atoms. The predicted octanol–water partition coefficient (Wildman–Crippen LogP) is 3.01. The van der Waals surface area contributed by atoms with Gasteiger partial charge in [-0.2, -0.15) is 0 Å². The molecule has 3 saturated carbocycles. The first-order chi connectivity index (χ1) is 8.06. The van der Waals surface area contributed by atoms with Gasteiger partial charge in [-0.3, -0.25) is 4.79 Å². The normalized spacial score (nSPS) is 60.0. The quantitative estimate of drug-likeness (QED) is 0.602. The molecule has 2 heteroatoms. The zero-order valence-electron chi connectivity index (χ0n) is 10.9. The molecule has 4 fully saturated rings. The molecule has 4 aliphatic rings. The summed E-state index contributed by atoms with van der Waals surface area (Å²) in [5.74, 6) is 2.69. The number of rotatable bonds is 0. The third kappa shape index (κ3) is 1.10. The summed E-state index contributed by atoms with van der Waals surface area (Å²) in [5.41, 5.74) is 1.00. The van der Waals surface area contributed by atoms with E-state index in [2.05, 4.69) is 13.8 Å². The van der Waals surface area contributed by atoms with E-state index in [0.717, 1.165) is 18.3 Å². The van der Waals surface area contributed by atoms with Gasteiger partial charge < -0.3 is 4.74 Å². The summed E-state index contributed by atoms with van der Waals surface area (Å²) in [4.78, 5) is 11.8. The lowest BCUT2D eigenvalue weighted by atomic mass is 9.50. The standard InChI is InChI=1S/C15H22O2/c1-14-6-5-9-7-15(9,2)12(14)4-3-10-11(14)8-17-13(10)16/h9-12H,3-8H2,1-2H3/t9-,10+,11-,12+,14+,15+/m0/s1. The van der Waals surface area contributed by atoms with Gasteiger partial charge in [-0.15, -0.1) is 0 Å². The summed E-state index contributed by atoms with van der Waals surface area (Å²) >= 11 is 0. The van der Waals surface area contributed by atoms with E-state index < -0.39 is 0 Å². The molecule has 0 amide bonds. The van der Waals surface area contributed by atoms with Crippen LogP contribution in [-0.2, 0) is 9.53 Å². The molecule has 0 N–H and O–H groups in total. The molecule has 17 heavy (non-hydrogen) atoms. The van der Waals surface area contributed by atoms with Crippen molar-refractivity contribution < 1.29 is 9.53 Å². The third-order valence-corrected chi connectivity index (χ3v) is 6.89. The van der Waals surface area contributed by atoms with Gasteiger partial charge in [0, 0.05) is 5.92 Å². The first-order valence-electron chi connectivity index (χ1n) is 7.22. The van der Waals surface area contributed by atoms with Gasteiger partial charge >= 0.3 is 5.97 Å². The number of hydrogen-bond donors (Lipinski definition) is 0. The van der Waals surface area contributed by atoms with Crippen molar-refractivity contribution in [2.24, 2.45) is 34.5 Å². The third-order valence-electron chi connectivity index (χ3n) is 6.89. The maximum Gasteiger partial charge on any atom is 0.309 e. The van der Waals surface area contributed by atoms with Crippen molar-refractivity contribution in [2.75, 3.05) is 6.61 Å². The zero-order valence-corrected chi connectivity index (χ0v) is 10.9. The Morgan fingerprint density at radius 1 is 1.18 bits per heavy atom. The van der Waals surface area contributed by atoms with Crippen molar-refractivity contribution in [3.05, 3.63) is 0 Å².